The summed E-state index contributed by atoms with van der Waals surface area (Å²) in [5.74, 6) is 2.53. The van der Waals surface area contributed by atoms with Gasteiger partial charge >= 0.3 is 0 Å². The molecule has 2 rings (SSSR count). The van der Waals surface area contributed by atoms with Crippen LogP contribution in [0.2, 0.25) is 0 Å². The van der Waals surface area contributed by atoms with E-state index in [-0.39, 0.29) is 5.75 Å². The van der Waals surface area contributed by atoms with Crippen molar-refractivity contribution in [2.75, 3.05) is 6.61 Å². The molecule has 124 valence electrons. The van der Waals surface area contributed by atoms with Gasteiger partial charge in [0.15, 0.2) is 5.75 Å². The molecule has 2 aromatic carbocycles. The van der Waals surface area contributed by atoms with Gasteiger partial charge in [-0.3, -0.25) is 0 Å². The van der Waals surface area contributed by atoms with Crippen molar-refractivity contribution in [3.05, 3.63) is 44.3 Å². The van der Waals surface area contributed by atoms with E-state index < -0.39 is 0 Å². The number of halogens is 2. The molecular weight excluding hydrogens is 424 g/mol. The minimum atomic E-state index is 0.172. The summed E-state index contributed by atoms with van der Waals surface area (Å²) in [6.45, 7) is 6.85. The lowest BCUT2D eigenvalue weighted by Gasteiger charge is -2.17. The Kier molecular flexibility index (Phi) is 6.36. The minimum Gasteiger partial charge on any atom is -0.508 e. The smallest absolute Gasteiger partial charge is 0.156 e. The molecule has 0 aliphatic rings. The van der Waals surface area contributed by atoms with Crippen LogP contribution in [0.4, 0.5) is 0 Å². The van der Waals surface area contributed by atoms with Gasteiger partial charge in [-0.1, -0.05) is 13.8 Å². The SMILES string of the molecule is CCOc1c(CC)cc(Oc2c(Br)cc(O)cc2Br)cc1CC. The van der Waals surface area contributed by atoms with Gasteiger partial charge in [0.1, 0.15) is 17.2 Å². The van der Waals surface area contributed by atoms with E-state index in [0.717, 1.165) is 35.5 Å². The van der Waals surface area contributed by atoms with Gasteiger partial charge in [0.2, 0.25) is 0 Å². The Hall–Kier alpha value is -1.20. The fraction of sp³-hybridized carbons (Fsp3) is 0.333. The quantitative estimate of drug-likeness (QED) is 0.574. The molecule has 0 saturated heterocycles. The summed E-state index contributed by atoms with van der Waals surface area (Å²) in [6.07, 6.45) is 1.74. The van der Waals surface area contributed by atoms with Crippen LogP contribution in [0.15, 0.2) is 33.2 Å². The second kappa shape index (κ2) is 8.06. The fourth-order valence-electron chi connectivity index (χ4n) is 2.40. The van der Waals surface area contributed by atoms with E-state index in [2.05, 4.69) is 45.7 Å². The molecule has 0 bridgehead atoms. The van der Waals surface area contributed by atoms with Crippen molar-refractivity contribution in [1.29, 1.82) is 0 Å². The number of hydrogen-bond donors (Lipinski definition) is 1. The number of phenolic OH excluding ortho intramolecular Hbond substituents is 1. The van der Waals surface area contributed by atoms with Gasteiger partial charge in [-0.25, -0.2) is 0 Å². The molecule has 0 aliphatic carbocycles. The molecule has 5 heteroatoms. The standard InChI is InChI=1S/C18H20Br2O3/c1-4-11-7-14(8-12(5-2)17(11)22-6-3)23-18-15(19)9-13(21)10-16(18)20/h7-10,21H,4-6H2,1-3H3. The largest absolute Gasteiger partial charge is 0.508 e. The monoisotopic (exact) mass is 442 g/mol. The second-order valence-electron chi connectivity index (χ2n) is 5.05. The summed E-state index contributed by atoms with van der Waals surface area (Å²) in [6, 6.07) is 7.23. The Morgan fingerprint density at radius 3 is 1.83 bits per heavy atom. The minimum absolute atomic E-state index is 0.172. The normalized spacial score (nSPS) is 10.7. The van der Waals surface area contributed by atoms with Gasteiger partial charge in [-0.2, -0.15) is 0 Å². The Bertz CT molecular complexity index is 651. The molecule has 0 aliphatic heterocycles. The molecule has 0 atom stereocenters. The molecule has 23 heavy (non-hydrogen) atoms. The van der Waals surface area contributed by atoms with Gasteiger partial charge in [0.25, 0.3) is 0 Å². The van der Waals surface area contributed by atoms with Crippen LogP contribution >= 0.6 is 31.9 Å². The van der Waals surface area contributed by atoms with Crippen molar-refractivity contribution in [3.63, 3.8) is 0 Å². The summed E-state index contributed by atoms with van der Waals surface area (Å²) < 4.78 is 13.2. The summed E-state index contributed by atoms with van der Waals surface area (Å²) in [5, 5.41) is 9.61. The van der Waals surface area contributed by atoms with Crippen LogP contribution in [-0.2, 0) is 12.8 Å². The lowest BCUT2D eigenvalue weighted by atomic mass is 10.0. The lowest BCUT2D eigenvalue weighted by molar-refractivity contribution is 0.332. The predicted octanol–water partition coefficient (Wildman–Crippen LogP) is 6.23. The van der Waals surface area contributed by atoms with E-state index in [4.69, 9.17) is 9.47 Å². The molecule has 0 amide bonds. The number of benzene rings is 2. The number of aryl methyl sites for hydroxylation is 2. The van der Waals surface area contributed by atoms with Crippen molar-refractivity contribution in [1.82, 2.24) is 0 Å². The summed E-state index contributed by atoms with van der Waals surface area (Å²) in [5.41, 5.74) is 2.26. The molecule has 0 aromatic heterocycles. The Balaban J connectivity index is 2.45. The van der Waals surface area contributed by atoms with Crippen LogP contribution in [0.1, 0.15) is 31.9 Å². The molecule has 3 nitrogen and oxygen atoms in total. The maximum Gasteiger partial charge on any atom is 0.156 e. The van der Waals surface area contributed by atoms with E-state index in [1.807, 2.05) is 19.1 Å². The lowest BCUT2D eigenvalue weighted by Crippen LogP contribution is -2.01. The Morgan fingerprint density at radius 1 is 0.870 bits per heavy atom. The third-order valence-electron chi connectivity index (χ3n) is 3.47. The first-order chi connectivity index (χ1) is 11.0. The van der Waals surface area contributed by atoms with E-state index >= 15 is 0 Å². The van der Waals surface area contributed by atoms with Crippen molar-refractivity contribution >= 4 is 31.9 Å². The third-order valence-corrected chi connectivity index (χ3v) is 4.65. The number of rotatable bonds is 6. The van der Waals surface area contributed by atoms with Crippen molar-refractivity contribution in [2.45, 2.75) is 33.6 Å². The number of aromatic hydroxyl groups is 1. The van der Waals surface area contributed by atoms with E-state index in [9.17, 15) is 5.11 Å². The van der Waals surface area contributed by atoms with Crippen LogP contribution in [0.25, 0.3) is 0 Å². The van der Waals surface area contributed by atoms with Crippen LogP contribution in [0, 0.1) is 0 Å². The summed E-state index contributed by atoms with van der Waals surface area (Å²) in [7, 11) is 0. The molecule has 0 heterocycles. The summed E-state index contributed by atoms with van der Waals surface area (Å²) in [4.78, 5) is 0. The highest BCUT2D eigenvalue weighted by Crippen LogP contribution is 2.41. The van der Waals surface area contributed by atoms with Crippen molar-refractivity contribution in [2.24, 2.45) is 0 Å². The van der Waals surface area contributed by atoms with E-state index in [1.165, 1.54) is 0 Å². The zero-order chi connectivity index (χ0) is 17.0. The van der Waals surface area contributed by atoms with Gasteiger partial charge in [0, 0.05) is 0 Å². The van der Waals surface area contributed by atoms with Gasteiger partial charge in [-0.05, 0) is 87.0 Å². The van der Waals surface area contributed by atoms with Gasteiger partial charge < -0.3 is 14.6 Å². The van der Waals surface area contributed by atoms with Crippen LogP contribution in [0.3, 0.4) is 0 Å². The average molecular weight is 444 g/mol. The molecule has 0 fully saturated rings. The summed E-state index contributed by atoms with van der Waals surface area (Å²) >= 11 is 6.85. The Labute approximate surface area is 153 Å². The first kappa shape index (κ1) is 18.1. The van der Waals surface area contributed by atoms with E-state index in [1.54, 1.807) is 12.1 Å². The first-order valence-electron chi connectivity index (χ1n) is 7.64. The zero-order valence-corrected chi connectivity index (χ0v) is 16.6. The number of phenols is 1. The van der Waals surface area contributed by atoms with Crippen LogP contribution in [0.5, 0.6) is 23.0 Å². The highest BCUT2D eigenvalue weighted by molar-refractivity contribution is 9.11. The maximum absolute atomic E-state index is 9.61. The van der Waals surface area contributed by atoms with Gasteiger partial charge in [0.05, 0.1) is 15.6 Å². The highest BCUT2D eigenvalue weighted by atomic mass is 79.9. The fourth-order valence-corrected chi connectivity index (χ4v) is 3.72. The maximum atomic E-state index is 9.61. The van der Waals surface area contributed by atoms with Crippen LogP contribution < -0.4 is 9.47 Å². The molecule has 1 N–H and O–H groups in total. The number of hydrogen-bond acceptors (Lipinski definition) is 3. The first-order valence-corrected chi connectivity index (χ1v) is 9.23. The second-order valence-corrected chi connectivity index (χ2v) is 6.76. The topological polar surface area (TPSA) is 38.7 Å². The predicted molar refractivity (Wildman–Crippen MR) is 99.9 cm³/mol. The Morgan fingerprint density at radius 2 is 1.39 bits per heavy atom. The number of ether oxygens (including phenoxy) is 2. The van der Waals surface area contributed by atoms with Gasteiger partial charge in [-0.15, -0.1) is 0 Å². The molecule has 0 radical (unpaired) electrons. The van der Waals surface area contributed by atoms with Crippen molar-refractivity contribution in [3.8, 4) is 23.0 Å². The highest BCUT2D eigenvalue weighted by Gasteiger charge is 2.14. The van der Waals surface area contributed by atoms with Crippen LogP contribution in [-0.4, -0.2) is 11.7 Å². The van der Waals surface area contributed by atoms with Crippen molar-refractivity contribution < 1.29 is 14.6 Å². The average Bonchev–Trinajstić information content (AvgIpc) is 2.51. The molecular formula is C18H20Br2O3. The molecule has 0 spiro atoms. The van der Waals surface area contributed by atoms with E-state index in [0.29, 0.717) is 21.3 Å². The molecule has 0 saturated carbocycles. The molecule has 0 unspecified atom stereocenters. The third kappa shape index (κ3) is 4.21. The zero-order valence-electron chi connectivity index (χ0n) is 13.5. The molecule has 2 aromatic rings.